The molecule has 11 heavy (non-hydrogen) atoms. The molecule has 6 nitrogen and oxygen atoms in total. The van der Waals surface area contributed by atoms with Gasteiger partial charge in [-0.05, 0) is 6.92 Å². The van der Waals surface area contributed by atoms with Crippen LogP contribution in [0.15, 0.2) is 0 Å². The summed E-state index contributed by atoms with van der Waals surface area (Å²) in [5.41, 5.74) is 6.45. The fourth-order valence-electron chi connectivity index (χ4n) is 0.361. The third-order valence-corrected chi connectivity index (χ3v) is 0.869. The van der Waals surface area contributed by atoms with Gasteiger partial charge < -0.3 is 10.5 Å². The second kappa shape index (κ2) is 4.51. The van der Waals surface area contributed by atoms with Crippen LogP contribution in [-0.2, 0) is 14.4 Å². The van der Waals surface area contributed by atoms with Crippen LogP contribution in [0, 0.1) is 0 Å². The predicted molar refractivity (Wildman–Crippen MR) is 35.3 cm³/mol. The van der Waals surface area contributed by atoms with Gasteiger partial charge in [-0.2, -0.15) is 0 Å². The molecule has 0 rings (SSSR count). The van der Waals surface area contributed by atoms with Crippen LogP contribution < -0.4 is 11.2 Å². The maximum atomic E-state index is 10.6. The van der Waals surface area contributed by atoms with Crippen molar-refractivity contribution in [2.45, 2.75) is 13.0 Å². The Labute approximate surface area is 63.6 Å². The van der Waals surface area contributed by atoms with E-state index in [0.717, 1.165) is 0 Å². The number of primary amides is 1. The minimum Gasteiger partial charge on any atom is -0.467 e. The van der Waals surface area contributed by atoms with E-state index in [1.165, 1.54) is 14.0 Å². The van der Waals surface area contributed by atoms with Crippen molar-refractivity contribution < 1.29 is 19.2 Å². The zero-order chi connectivity index (χ0) is 8.85. The summed E-state index contributed by atoms with van der Waals surface area (Å²) in [4.78, 5) is 25.1. The van der Waals surface area contributed by atoms with Crippen LogP contribution in [0.25, 0.3) is 0 Å². The maximum Gasteiger partial charge on any atom is 0.337 e. The fourth-order valence-corrected chi connectivity index (χ4v) is 0.361. The first-order chi connectivity index (χ1) is 5.07. The van der Waals surface area contributed by atoms with Gasteiger partial charge in [-0.25, -0.2) is 15.1 Å². The number of hydrogen-bond donors (Lipinski definition) is 2. The van der Waals surface area contributed by atoms with Crippen LogP contribution in [-0.4, -0.2) is 25.2 Å². The van der Waals surface area contributed by atoms with Crippen molar-refractivity contribution in [2.75, 3.05) is 7.11 Å². The van der Waals surface area contributed by atoms with Crippen molar-refractivity contribution in [2.24, 2.45) is 5.73 Å². The van der Waals surface area contributed by atoms with Crippen LogP contribution in [0.5, 0.6) is 0 Å². The van der Waals surface area contributed by atoms with Crippen molar-refractivity contribution in [1.82, 2.24) is 5.48 Å². The molecule has 0 aliphatic carbocycles. The highest BCUT2D eigenvalue weighted by molar-refractivity contribution is 5.75. The molecule has 6 heteroatoms. The van der Waals surface area contributed by atoms with Crippen LogP contribution >= 0.6 is 0 Å². The molecule has 1 atom stereocenters. The standard InChI is InChI=1S/C5H10N2O4/c1-3(4(8)10-2)11-7-5(6)9/h3H,1-2H3,(H3,6,7,9). The Kier molecular flexibility index (Phi) is 3.97. The molecular weight excluding hydrogens is 152 g/mol. The lowest BCUT2D eigenvalue weighted by Gasteiger charge is -2.08. The largest absolute Gasteiger partial charge is 0.467 e. The van der Waals surface area contributed by atoms with Crippen LogP contribution in [0.1, 0.15) is 6.92 Å². The Morgan fingerprint density at radius 3 is 2.45 bits per heavy atom. The van der Waals surface area contributed by atoms with E-state index in [4.69, 9.17) is 0 Å². The van der Waals surface area contributed by atoms with Gasteiger partial charge in [0.1, 0.15) is 0 Å². The van der Waals surface area contributed by atoms with Gasteiger partial charge in [-0.15, -0.1) is 0 Å². The molecule has 0 spiro atoms. The number of rotatable bonds is 3. The molecule has 64 valence electrons. The quantitative estimate of drug-likeness (QED) is 0.417. The molecule has 0 aromatic carbocycles. The van der Waals surface area contributed by atoms with Crippen LogP contribution in [0.2, 0.25) is 0 Å². The van der Waals surface area contributed by atoms with E-state index in [2.05, 4.69) is 15.3 Å². The maximum absolute atomic E-state index is 10.6. The van der Waals surface area contributed by atoms with Crippen molar-refractivity contribution in [3.63, 3.8) is 0 Å². The lowest BCUT2D eigenvalue weighted by molar-refractivity contribution is -0.155. The van der Waals surface area contributed by atoms with E-state index in [1.807, 2.05) is 0 Å². The molecule has 0 radical (unpaired) electrons. The number of nitrogens with one attached hydrogen (secondary N) is 1. The van der Waals surface area contributed by atoms with Gasteiger partial charge >= 0.3 is 12.0 Å². The molecule has 0 fully saturated rings. The number of hydrogen-bond acceptors (Lipinski definition) is 4. The molecule has 0 saturated heterocycles. The lowest BCUT2D eigenvalue weighted by Crippen LogP contribution is -2.36. The normalized spacial score (nSPS) is 11.8. The smallest absolute Gasteiger partial charge is 0.337 e. The molecule has 0 heterocycles. The first-order valence-electron chi connectivity index (χ1n) is 2.87. The minimum atomic E-state index is -0.860. The lowest BCUT2D eigenvalue weighted by atomic mass is 10.4. The van der Waals surface area contributed by atoms with Crippen molar-refractivity contribution in [1.29, 1.82) is 0 Å². The Bertz CT molecular complexity index is 159. The highest BCUT2D eigenvalue weighted by atomic mass is 16.7. The topological polar surface area (TPSA) is 90.7 Å². The third-order valence-electron chi connectivity index (χ3n) is 0.869. The number of ether oxygens (including phenoxy) is 1. The average Bonchev–Trinajstić information content (AvgIpc) is 1.98. The van der Waals surface area contributed by atoms with Crippen molar-refractivity contribution in [3.05, 3.63) is 0 Å². The average molecular weight is 162 g/mol. The van der Waals surface area contributed by atoms with E-state index in [9.17, 15) is 9.59 Å². The second-order valence-corrected chi connectivity index (χ2v) is 1.75. The summed E-state index contributed by atoms with van der Waals surface area (Å²) in [6.07, 6.45) is -0.854. The van der Waals surface area contributed by atoms with E-state index in [-0.39, 0.29) is 0 Å². The van der Waals surface area contributed by atoms with Gasteiger partial charge in [-0.1, -0.05) is 0 Å². The van der Waals surface area contributed by atoms with Gasteiger partial charge in [0, 0.05) is 0 Å². The molecule has 0 aliphatic heterocycles. The Morgan fingerprint density at radius 1 is 1.55 bits per heavy atom. The van der Waals surface area contributed by atoms with Gasteiger partial charge in [0.2, 0.25) is 0 Å². The zero-order valence-corrected chi connectivity index (χ0v) is 6.29. The summed E-state index contributed by atoms with van der Waals surface area (Å²) < 4.78 is 4.29. The molecular formula is C5H10N2O4. The Hall–Kier alpha value is -1.30. The molecule has 1 unspecified atom stereocenters. The third kappa shape index (κ3) is 4.15. The number of methoxy groups -OCH3 is 1. The predicted octanol–water partition coefficient (Wildman–Crippen LogP) is -0.852. The number of carbonyl (C=O) groups is 2. The molecule has 3 N–H and O–H groups in total. The van der Waals surface area contributed by atoms with Gasteiger partial charge in [-0.3, -0.25) is 4.84 Å². The minimum absolute atomic E-state index is 0.584. The molecule has 0 bridgehead atoms. The number of amides is 2. The van der Waals surface area contributed by atoms with Crippen LogP contribution in [0.4, 0.5) is 4.79 Å². The summed E-state index contributed by atoms with van der Waals surface area (Å²) in [5, 5.41) is 0. The first kappa shape index (κ1) is 9.70. The summed E-state index contributed by atoms with van der Waals surface area (Å²) in [6.45, 7) is 1.42. The summed E-state index contributed by atoms with van der Waals surface area (Å²) in [5.74, 6) is -0.584. The number of nitrogens with two attached hydrogens (primary N) is 1. The molecule has 0 aromatic rings. The summed E-state index contributed by atoms with van der Waals surface area (Å²) in [6, 6.07) is -0.860. The number of carbonyl (C=O) groups excluding carboxylic acids is 2. The Morgan fingerprint density at radius 2 is 2.09 bits per heavy atom. The SMILES string of the molecule is COC(=O)C(C)ONC(N)=O. The Balaban J connectivity index is 3.60. The second-order valence-electron chi connectivity index (χ2n) is 1.75. The van der Waals surface area contributed by atoms with Gasteiger partial charge in [0.15, 0.2) is 6.10 Å². The van der Waals surface area contributed by atoms with Gasteiger partial charge in [0.05, 0.1) is 7.11 Å². The molecule has 2 amide bonds. The summed E-state index contributed by atoms with van der Waals surface area (Å²) >= 11 is 0. The monoisotopic (exact) mass is 162 g/mol. The van der Waals surface area contributed by atoms with E-state index >= 15 is 0 Å². The van der Waals surface area contributed by atoms with Gasteiger partial charge in [0.25, 0.3) is 0 Å². The van der Waals surface area contributed by atoms with E-state index in [1.54, 1.807) is 5.48 Å². The first-order valence-corrected chi connectivity index (χ1v) is 2.87. The molecule has 0 aromatic heterocycles. The molecule has 0 saturated carbocycles. The molecule has 0 aliphatic rings. The highest BCUT2D eigenvalue weighted by Gasteiger charge is 2.13. The highest BCUT2D eigenvalue weighted by Crippen LogP contribution is 1.89. The number of hydroxylamine groups is 1. The van der Waals surface area contributed by atoms with Crippen LogP contribution in [0.3, 0.4) is 0 Å². The van der Waals surface area contributed by atoms with Crippen molar-refractivity contribution in [3.8, 4) is 0 Å². The van der Waals surface area contributed by atoms with E-state index < -0.39 is 18.1 Å². The summed E-state index contributed by atoms with van der Waals surface area (Å²) in [7, 11) is 1.21. The number of urea groups is 1. The van der Waals surface area contributed by atoms with Crippen molar-refractivity contribution >= 4 is 12.0 Å². The zero-order valence-electron chi connectivity index (χ0n) is 6.29. The van der Waals surface area contributed by atoms with E-state index in [0.29, 0.717) is 0 Å². The number of esters is 1. The fraction of sp³-hybridized carbons (Fsp3) is 0.600.